The molecule has 1 saturated heterocycles. The molecule has 2 aromatic rings. The molecule has 1 aliphatic heterocycles. The van der Waals surface area contributed by atoms with Crippen LogP contribution in [0.3, 0.4) is 0 Å². The van der Waals surface area contributed by atoms with E-state index in [4.69, 9.17) is 4.74 Å². The van der Waals surface area contributed by atoms with Crippen molar-refractivity contribution in [2.75, 3.05) is 0 Å². The average molecular weight is 414 g/mol. The molecule has 2 heterocycles. The Kier molecular flexibility index (Phi) is 6.45. The molecule has 1 aromatic heterocycles. The number of nitrogens with one attached hydrogen (secondary N) is 1. The minimum Gasteiger partial charge on any atom is -0.480 e. The maximum Gasteiger partial charge on any atom is 0.417 e. The Balaban J connectivity index is 1.65. The molecule has 3 amide bonds. The van der Waals surface area contributed by atoms with Gasteiger partial charge in [-0.2, -0.15) is 0 Å². The van der Waals surface area contributed by atoms with Gasteiger partial charge in [0, 0.05) is 31.8 Å². The van der Waals surface area contributed by atoms with E-state index in [0.717, 1.165) is 10.5 Å². The summed E-state index contributed by atoms with van der Waals surface area (Å²) in [7, 11) is 1.71. The number of rotatable bonds is 7. The Labute approximate surface area is 172 Å². The van der Waals surface area contributed by atoms with Gasteiger partial charge in [0.15, 0.2) is 0 Å². The number of aliphatic carboxylic acids is 1. The number of carbonyl (C=O) groups excluding carboxylic acids is 3. The van der Waals surface area contributed by atoms with Crippen molar-refractivity contribution in [3.05, 3.63) is 54.1 Å². The number of aromatic nitrogens is 2. The molecule has 30 heavy (non-hydrogen) atoms. The first-order chi connectivity index (χ1) is 14.4. The fraction of sp³-hybridized carbons (Fsp3) is 0.350. The van der Waals surface area contributed by atoms with Crippen molar-refractivity contribution in [2.24, 2.45) is 7.05 Å². The second kappa shape index (κ2) is 9.21. The second-order valence-corrected chi connectivity index (χ2v) is 6.96. The second-order valence-electron chi connectivity index (χ2n) is 6.96. The molecule has 0 saturated carbocycles. The van der Waals surface area contributed by atoms with E-state index in [0.29, 0.717) is 5.69 Å². The number of ether oxygens (including phenoxy) is 1. The van der Waals surface area contributed by atoms with E-state index in [1.165, 1.54) is 12.5 Å². The van der Waals surface area contributed by atoms with E-state index in [-0.39, 0.29) is 25.9 Å². The lowest BCUT2D eigenvalue weighted by Crippen LogP contribution is -2.52. The quantitative estimate of drug-likeness (QED) is 0.687. The van der Waals surface area contributed by atoms with Crippen molar-refractivity contribution in [3.63, 3.8) is 0 Å². The molecule has 0 spiro atoms. The number of hydrogen-bond acceptors (Lipinski definition) is 6. The number of imide groups is 1. The number of nitrogens with zero attached hydrogens (tertiary/aromatic N) is 3. The van der Waals surface area contributed by atoms with Gasteiger partial charge in [0.2, 0.25) is 11.8 Å². The van der Waals surface area contributed by atoms with Crippen LogP contribution < -0.4 is 5.32 Å². The summed E-state index contributed by atoms with van der Waals surface area (Å²) in [6.45, 7) is -0.0456. The monoisotopic (exact) mass is 414 g/mol. The van der Waals surface area contributed by atoms with Crippen LogP contribution in [0.2, 0.25) is 0 Å². The largest absolute Gasteiger partial charge is 0.480 e. The van der Waals surface area contributed by atoms with Gasteiger partial charge in [-0.3, -0.25) is 9.59 Å². The Morgan fingerprint density at radius 3 is 2.67 bits per heavy atom. The Hall–Kier alpha value is -3.69. The first-order valence-electron chi connectivity index (χ1n) is 9.38. The minimum absolute atomic E-state index is 0.00199. The summed E-state index contributed by atoms with van der Waals surface area (Å²) in [5, 5.41) is 11.9. The van der Waals surface area contributed by atoms with E-state index >= 15 is 0 Å². The lowest BCUT2D eigenvalue weighted by molar-refractivity contribution is -0.142. The molecule has 1 fully saturated rings. The molecule has 0 bridgehead atoms. The predicted molar refractivity (Wildman–Crippen MR) is 103 cm³/mol. The van der Waals surface area contributed by atoms with Crippen LogP contribution in [0.15, 0.2) is 42.9 Å². The van der Waals surface area contributed by atoms with Crippen LogP contribution in [0.4, 0.5) is 4.79 Å². The minimum atomic E-state index is -1.23. The van der Waals surface area contributed by atoms with Gasteiger partial charge >= 0.3 is 12.1 Å². The SMILES string of the molecule is Cn1cncc1C[C@H](NC(=O)[C@@H]1CCC(=O)N1C(=O)OCc1ccccc1)C(=O)O. The molecule has 0 unspecified atom stereocenters. The summed E-state index contributed by atoms with van der Waals surface area (Å²) in [4.78, 5) is 53.6. The highest BCUT2D eigenvalue weighted by atomic mass is 16.6. The molecular weight excluding hydrogens is 392 g/mol. The van der Waals surface area contributed by atoms with Crippen LogP contribution in [0.5, 0.6) is 0 Å². The molecule has 0 aliphatic carbocycles. The fourth-order valence-electron chi connectivity index (χ4n) is 3.21. The summed E-state index contributed by atoms with van der Waals surface area (Å²) >= 11 is 0. The van der Waals surface area contributed by atoms with Gasteiger partial charge in [-0.15, -0.1) is 0 Å². The molecule has 2 N–H and O–H groups in total. The third-order valence-corrected chi connectivity index (χ3v) is 4.86. The van der Waals surface area contributed by atoms with Crippen LogP contribution in [0.1, 0.15) is 24.1 Å². The Morgan fingerprint density at radius 2 is 2.03 bits per heavy atom. The number of carboxylic acid groups (broad SMARTS) is 1. The lowest BCUT2D eigenvalue weighted by atomic mass is 10.1. The Morgan fingerprint density at radius 1 is 1.30 bits per heavy atom. The summed E-state index contributed by atoms with van der Waals surface area (Å²) in [5.41, 5.74) is 1.35. The first-order valence-corrected chi connectivity index (χ1v) is 9.38. The highest BCUT2D eigenvalue weighted by molar-refractivity contribution is 6.01. The fourth-order valence-corrected chi connectivity index (χ4v) is 3.21. The van der Waals surface area contributed by atoms with Gasteiger partial charge in [0.1, 0.15) is 18.7 Å². The van der Waals surface area contributed by atoms with Crippen LogP contribution in [-0.4, -0.2) is 55.5 Å². The van der Waals surface area contributed by atoms with Crippen LogP contribution in [0, 0.1) is 0 Å². The van der Waals surface area contributed by atoms with Crippen molar-refractivity contribution < 1.29 is 29.0 Å². The van der Waals surface area contributed by atoms with Crippen molar-refractivity contribution in [2.45, 2.75) is 38.0 Å². The van der Waals surface area contributed by atoms with Gasteiger partial charge in [0.05, 0.1) is 6.33 Å². The van der Waals surface area contributed by atoms with Gasteiger partial charge in [-0.1, -0.05) is 30.3 Å². The van der Waals surface area contributed by atoms with Crippen LogP contribution >= 0.6 is 0 Å². The zero-order valence-corrected chi connectivity index (χ0v) is 16.4. The third kappa shape index (κ3) is 4.83. The Bertz CT molecular complexity index is 942. The zero-order valence-electron chi connectivity index (χ0n) is 16.4. The summed E-state index contributed by atoms with van der Waals surface area (Å²) in [6.07, 6.45) is 2.21. The molecule has 2 atom stereocenters. The number of hydrogen-bond donors (Lipinski definition) is 2. The molecule has 158 valence electrons. The summed E-state index contributed by atoms with van der Waals surface area (Å²) in [6, 6.07) is 6.57. The predicted octanol–water partition coefficient (Wildman–Crippen LogP) is 0.860. The van der Waals surface area contributed by atoms with E-state index in [1.54, 1.807) is 35.9 Å². The van der Waals surface area contributed by atoms with E-state index < -0.39 is 36.0 Å². The summed E-state index contributed by atoms with van der Waals surface area (Å²) in [5.74, 6) is -2.48. The molecule has 1 aliphatic rings. The van der Waals surface area contributed by atoms with Crippen molar-refractivity contribution in [1.29, 1.82) is 0 Å². The number of likely N-dealkylation sites (tertiary alicyclic amines) is 1. The molecular formula is C20H22N4O6. The van der Waals surface area contributed by atoms with Crippen LogP contribution in [0.25, 0.3) is 0 Å². The number of imidazole rings is 1. The highest BCUT2D eigenvalue weighted by Crippen LogP contribution is 2.21. The van der Waals surface area contributed by atoms with Gasteiger partial charge in [-0.05, 0) is 12.0 Å². The average Bonchev–Trinajstić information content (AvgIpc) is 3.31. The zero-order chi connectivity index (χ0) is 21.7. The first kappa shape index (κ1) is 21.0. The smallest absolute Gasteiger partial charge is 0.417 e. The molecule has 10 heteroatoms. The number of aryl methyl sites for hydroxylation is 1. The number of benzene rings is 1. The standard InChI is InChI=1S/C20H22N4O6/c1-23-12-21-10-14(23)9-15(19(27)28)22-18(26)16-7-8-17(25)24(16)20(29)30-11-13-5-3-2-4-6-13/h2-6,10,12,15-16H,7-9,11H2,1H3,(H,22,26)(H,27,28)/t15-,16-/m0/s1. The van der Waals surface area contributed by atoms with Gasteiger partial charge in [0.25, 0.3) is 0 Å². The topological polar surface area (TPSA) is 131 Å². The highest BCUT2D eigenvalue weighted by Gasteiger charge is 2.42. The van der Waals surface area contributed by atoms with Crippen molar-refractivity contribution in [3.8, 4) is 0 Å². The number of amides is 3. The maximum atomic E-state index is 12.7. The molecule has 0 radical (unpaired) electrons. The van der Waals surface area contributed by atoms with E-state index in [1.807, 2.05) is 6.07 Å². The van der Waals surface area contributed by atoms with E-state index in [2.05, 4.69) is 10.3 Å². The number of carboxylic acids is 1. The molecule has 3 rings (SSSR count). The normalized spacial score (nSPS) is 16.9. The van der Waals surface area contributed by atoms with Crippen LogP contribution in [-0.2, 0) is 39.2 Å². The number of carbonyl (C=O) groups is 4. The molecule has 10 nitrogen and oxygen atoms in total. The maximum absolute atomic E-state index is 12.7. The van der Waals surface area contributed by atoms with E-state index in [9.17, 15) is 24.3 Å². The lowest BCUT2D eigenvalue weighted by Gasteiger charge is -2.23. The molecule has 1 aromatic carbocycles. The summed E-state index contributed by atoms with van der Waals surface area (Å²) < 4.78 is 6.82. The van der Waals surface area contributed by atoms with Gasteiger partial charge in [-0.25, -0.2) is 19.5 Å². The van der Waals surface area contributed by atoms with Gasteiger partial charge < -0.3 is 19.7 Å². The van der Waals surface area contributed by atoms with Crippen molar-refractivity contribution >= 4 is 23.9 Å². The van der Waals surface area contributed by atoms with Crippen molar-refractivity contribution in [1.82, 2.24) is 19.8 Å². The third-order valence-electron chi connectivity index (χ3n) is 4.86.